The van der Waals surface area contributed by atoms with E-state index in [4.69, 9.17) is 0 Å². The highest BCUT2D eigenvalue weighted by Gasteiger charge is 1.99. The predicted octanol–water partition coefficient (Wildman–Crippen LogP) is 1.46. The first-order valence-corrected chi connectivity index (χ1v) is 3.67. The third kappa shape index (κ3) is 2.50. The maximum Gasteiger partial charge on any atom is 0.123 e. The minimum Gasteiger partial charge on any atom is -0.303 e. The van der Waals surface area contributed by atoms with Gasteiger partial charge in [0.2, 0.25) is 0 Å². The normalized spacial score (nSPS) is 12.5. The Morgan fingerprint density at radius 2 is 2.18 bits per heavy atom. The van der Waals surface area contributed by atoms with Gasteiger partial charge in [-0.1, -0.05) is 6.92 Å². The van der Waals surface area contributed by atoms with Gasteiger partial charge in [-0.3, -0.25) is 4.98 Å². The average molecular weight is 149 g/mol. The number of hydrogen-bond acceptors (Lipinski definition) is 2. The SMILES string of the molecule is C[C@@H](C=O)Cc1ccncc1. The van der Waals surface area contributed by atoms with Gasteiger partial charge in [-0.25, -0.2) is 0 Å². The van der Waals surface area contributed by atoms with Crippen LogP contribution in [0.1, 0.15) is 12.5 Å². The van der Waals surface area contributed by atoms with Gasteiger partial charge in [-0.05, 0) is 24.1 Å². The Labute approximate surface area is 66.3 Å². The zero-order chi connectivity index (χ0) is 8.10. The highest BCUT2D eigenvalue weighted by Crippen LogP contribution is 2.03. The second-order valence-electron chi connectivity index (χ2n) is 2.67. The molecule has 0 N–H and O–H groups in total. The van der Waals surface area contributed by atoms with Crippen LogP contribution in [0.2, 0.25) is 0 Å². The van der Waals surface area contributed by atoms with Gasteiger partial charge in [-0.2, -0.15) is 0 Å². The van der Waals surface area contributed by atoms with Crippen molar-refractivity contribution in [1.29, 1.82) is 0 Å². The molecular weight excluding hydrogens is 138 g/mol. The molecule has 0 aromatic carbocycles. The molecule has 0 amide bonds. The number of rotatable bonds is 3. The van der Waals surface area contributed by atoms with Crippen LogP contribution in [-0.4, -0.2) is 11.3 Å². The van der Waals surface area contributed by atoms with Crippen LogP contribution in [0.4, 0.5) is 0 Å². The molecule has 1 atom stereocenters. The van der Waals surface area contributed by atoms with Gasteiger partial charge in [0, 0.05) is 18.3 Å². The van der Waals surface area contributed by atoms with E-state index in [0.29, 0.717) is 0 Å². The van der Waals surface area contributed by atoms with E-state index in [2.05, 4.69) is 4.98 Å². The van der Waals surface area contributed by atoms with Crippen LogP contribution in [-0.2, 0) is 11.2 Å². The van der Waals surface area contributed by atoms with Crippen molar-refractivity contribution in [2.45, 2.75) is 13.3 Å². The van der Waals surface area contributed by atoms with Crippen molar-refractivity contribution >= 4 is 6.29 Å². The first-order valence-electron chi connectivity index (χ1n) is 3.67. The minimum absolute atomic E-state index is 0.109. The summed E-state index contributed by atoms with van der Waals surface area (Å²) in [5.74, 6) is 0.109. The zero-order valence-corrected chi connectivity index (χ0v) is 6.53. The number of nitrogens with zero attached hydrogens (tertiary/aromatic N) is 1. The molecule has 58 valence electrons. The molecule has 0 unspecified atom stereocenters. The second-order valence-corrected chi connectivity index (χ2v) is 2.67. The standard InChI is InChI=1S/C9H11NO/c1-8(7-11)6-9-2-4-10-5-3-9/h2-5,7-8H,6H2,1H3/t8-/m1/s1. The number of hydrogen-bond donors (Lipinski definition) is 0. The third-order valence-electron chi connectivity index (χ3n) is 1.54. The molecule has 1 aromatic heterocycles. The monoisotopic (exact) mass is 149 g/mol. The summed E-state index contributed by atoms with van der Waals surface area (Å²) >= 11 is 0. The molecule has 2 nitrogen and oxygen atoms in total. The van der Waals surface area contributed by atoms with Crippen LogP contribution >= 0.6 is 0 Å². The average Bonchev–Trinajstić information content (AvgIpc) is 2.06. The summed E-state index contributed by atoms with van der Waals surface area (Å²) in [6, 6.07) is 3.86. The number of carbonyl (C=O) groups excluding carboxylic acids is 1. The van der Waals surface area contributed by atoms with Crippen molar-refractivity contribution in [2.24, 2.45) is 5.92 Å². The fourth-order valence-electron chi connectivity index (χ4n) is 0.939. The van der Waals surface area contributed by atoms with Gasteiger partial charge >= 0.3 is 0 Å². The van der Waals surface area contributed by atoms with Gasteiger partial charge in [0.05, 0.1) is 0 Å². The van der Waals surface area contributed by atoms with E-state index in [1.54, 1.807) is 12.4 Å². The molecule has 0 saturated carbocycles. The molecule has 0 spiro atoms. The lowest BCUT2D eigenvalue weighted by molar-refractivity contribution is -0.110. The summed E-state index contributed by atoms with van der Waals surface area (Å²) in [5.41, 5.74) is 1.17. The quantitative estimate of drug-likeness (QED) is 0.609. The van der Waals surface area contributed by atoms with E-state index in [9.17, 15) is 4.79 Å². The van der Waals surface area contributed by atoms with Gasteiger partial charge in [0.15, 0.2) is 0 Å². The summed E-state index contributed by atoms with van der Waals surface area (Å²) in [7, 11) is 0. The molecule has 1 heterocycles. The van der Waals surface area contributed by atoms with E-state index in [0.717, 1.165) is 12.7 Å². The molecule has 0 bridgehead atoms. The predicted molar refractivity (Wildman–Crippen MR) is 43.2 cm³/mol. The molecule has 11 heavy (non-hydrogen) atoms. The molecule has 0 aliphatic rings. The Morgan fingerprint density at radius 3 is 2.73 bits per heavy atom. The maximum atomic E-state index is 10.3. The molecular formula is C9H11NO. The molecule has 2 heteroatoms. The van der Waals surface area contributed by atoms with Crippen LogP contribution in [0, 0.1) is 5.92 Å². The number of aromatic nitrogens is 1. The summed E-state index contributed by atoms with van der Waals surface area (Å²) in [6.07, 6.45) is 5.27. The van der Waals surface area contributed by atoms with Crippen molar-refractivity contribution < 1.29 is 4.79 Å². The van der Waals surface area contributed by atoms with Gasteiger partial charge < -0.3 is 4.79 Å². The third-order valence-corrected chi connectivity index (χ3v) is 1.54. The van der Waals surface area contributed by atoms with Crippen molar-refractivity contribution in [3.8, 4) is 0 Å². The molecule has 1 rings (SSSR count). The highest BCUT2D eigenvalue weighted by molar-refractivity contribution is 5.53. The van der Waals surface area contributed by atoms with Crippen molar-refractivity contribution in [2.75, 3.05) is 0 Å². The van der Waals surface area contributed by atoms with E-state index >= 15 is 0 Å². The Hall–Kier alpha value is -1.18. The van der Waals surface area contributed by atoms with Crippen molar-refractivity contribution in [3.05, 3.63) is 30.1 Å². The molecule has 0 saturated heterocycles. The van der Waals surface area contributed by atoms with Crippen LogP contribution in [0.3, 0.4) is 0 Å². The van der Waals surface area contributed by atoms with E-state index in [1.807, 2.05) is 19.1 Å². The van der Waals surface area contributed by atoms with Crippen molar-refractivity contribution in [3.63, 3.8) is 0 Å². The van der Waals surface area contributed by atoms with E-state index in [-0.39, 0.29) is 5.92 Å². The summed E-state index contributed by atoms with van der Waals surface area (Å²) in [5, 5.41) is 0. The summed E-state index contributed by atoms with van der Waals surface area (Å²) < 4.78 is 0. The van der Waals surface area contributed by atoms with Crippen LogP contribution < -0.4 is 0 Å². The minimum atomic E-state index is 0.109. The largest absolute Gasteiger partial charge is 0.303 e. The Kier molecular flexibility index (Phi) is 2.78. The molecule has 0 radical (unpaired) electrons. The highest BCUT2D eigenvalue weighted by atomic mass is 16.1. The molecule has 0 fully saturated rings. The first-order chi connectivity index (χ1) is 5.33. The second kappa shape index (κ2) is 3.86. The number of pyridine rings is 1. The van der Waals surface area contributed by atoms with Gasteiger partial charge in [0.25, 0.3) is 0 Å². The Balaban J connectivity index is 2.57. The molecule has 1 aromatic rings. The smallest absolute Gasteiger partial charge is 0.123 e. The Bertz CT molecular complexity index is 220. The number of aldehydes is 1. The van der Waals surface area contributed by atoms with Crippen LogP contribution in [0.25, 0.3) is 0 Å². The van der Waals surface area contributed by atoms with Crippen LogP contribution in [0.5, 0.6) is 0 Å². The summed E-state index contributed by atoms with van der Waals surface area (Å²) in [6.45, 7) is 1.91. The zero-order valence-electron chi connectivity index (χ0n) is 6.53. The molecule has 0 aliphatic carbocycles. The Morgan fingerprint density at radius 1 is 1.55 bits per heavy atom. The van der Waals surface area contributed by atoms with E-state index < -0.39 is 0 Å². The van der Waals surface area contributed by atoms with Crippen molar-refractivity contribution in [1.82, 2.24) is 4.98 Å². The van der Waals surface area contributed by atoms with E-state index in [1.165, 1.54) is 5.56 Å². The lowest BCUT2D eigenvalue weighted by Gasteiger charge is -2.01. The lowest BCUT2D eigenvalue weighted by Crippen LogP contribution is -2.00. The van der Waals surface area contributed by atoms with Gasteiger partial charge in [-0.15, -0.1) is 0 Å². The fraction of sp³-hybridized carbons (Fsp3) is 0.333. The maximum absolute atomic E-state index is 10.3. The number of carbonyl (C=O) groups is 1. The topological polar surface area (TPSA) is 30.0 Å². The lowest BCUT2D eigenvalue weighted by atomic mass is 10.0. The molecule has 0 aliphatic heterocycles. The van der Waals surface area contributed by atoms with Gasteiger partial charge in [0.1, 0.15) is 6.29 Å². The van der Waals surface area contributed by atoms with Crippen LogP contribution in [0.15, 0.2) is 24.5 Å². The first kappa shape index (κ1) is 7.92. The summed E-state index contributed by atoms with van der Waals surface area (Å²) in [4.78, 5) is 14.2. The fourth-order valence-corrected chi connectivity index (χ4v) is 0.939.